The first-order chi connectivity index (χ1) is 10.1. The van der Waals surface area contributed by atoms with E-state index < -0.39 is 4.92 Å². The van der Waals surface area contributed by atoms with E-state index in [4.69, 9.17) is 4.52 Å². The fourth-order valence-electron chi connectivity index (χ4n) is 1.72. The maximum atomic E-state index is 11.7. The van der Waals surface area contributed by atoms with Gasteiger partial charge in [0.25, 0.3) is 17.1 Å². The lowest BCUT2D eigenvalue weighted by atomic mass is 10.3. The Morgan fingerprint density at radius 2 is 2.24 bits per heavy atom. The van der Waals surface area contributed by atoms with Crippen molar-refractivity contribution in [3.8, 4) is 11.5 Å². The molecule has 0 aliphatic rings. The smallest absolute Gasteiger partial charge is 0.285 e. The van der Waals surface area contributed by atoms with Crippen LogP contribution in [0.3, 0.4) is 0 Å². The Morgan fingerprint density at radius 1 is 1.38 bits per heavy atom. The Morgan fingerprint density at radius 3 is 2.95 bits per heavy atom. The van der Waals surface area contributed by atoms with E-state index in [1.807, 2.05) is 16.8 Å². The molecule has 0 spiro atoms. The minimum Gasteiger partial charge on any atom is -0.334 e. The van der Waals surface area contributed by atoms with Crippen molar-refractivity contribution in [2.75, 3.05) is 0 Å². The van der Waals surface area contributed by atoms with Crippen molar-refractivity contribution in [3.63, 3.8) is 0 Å². The second-order valence-electron chi connectivity index (χ2n) is 4.14. The quantitative estimate of drug-likeness (QED) is 0.538. The monoisotopic (exact) mass is 304 g/mol. The van der Waals surface area contributed by atoms with E-state index in [1.54, 1.807) is 0 Å². The predicted octanol–water partition coefficient (Wildman–Crippen LogP) is 1.92. The van der Waals surface area contributed by atoms with Gasteiger partial charge < -0.3 is 9.09 Å². The number of thiophene rings is 1. The van der Waals surface area contributed by atoms with Gasteiger partial charge in [-0.2, -0.15) is 16.3 Å². The molecule has 21 heavy (non-hydrogen) atoms. The number of nitro groups is 1. The molecule has 0 atom stereocenters. The van der Waals surface area contributed by atoms with E-state index >= 15 is 0 Å². The molecule has 106 valence electrons. The first kappa shape index (κ1) is 13.2. The molecule has 0 fully saturated rings. The van der Waals surface area contributed by atoms with Crippen LogP contribution in [0.25, 0.3) is 11.5 Å². The molecular formula is C12H8N4O4S. The molecular weight excluding hydrogens is 296 g/mol. The lowest BCUT2D eigenvalue weighted by molar-refractivity contribution is -0.385. The van der Waals surface area contributed by atoms with Gasteiger partial charge in [-0.3, -0.25) is 14.9 Å². The summed E-state index contributed by atoms with van der Waals surface area (Å²) in [6.45, 7) is 0.00809. The van der Waals surface area contributed by atoms with E-state index in [-0.39, 0.29) is 23.6 Å². The summed E-state index contributed by atoms with van der Waals surface area (Å²) in [6.07, 6.45) is 1.16. The highest BCUT2D eigenvalue weighted by Crippen LogP contribution is 2.20. The van der Waals surface area contributed by atoms with E-state index in [0.29, 0.717) is 5.89 Å². The van der Waals surface area contributed by atoms with Crippen molar-refractivity contribution in [2.45, 2.75) is 6.54 Å². The van der Waals surface area contributed by atoms with Gasteiger partial charge in [-0.15, -0.1) is 0 Å². The molecule has 9 heteroatoms. The van der Waals surface area contributed by atoms with Crippen LogP contribution in [-0.2, 0) is 6.54 Å². The number of pyridine rings is 1. The third-order valence-corrected chi connectivity index (χ3v) is 3.41. The minimum absolute atomic E-state index is 0.00809. The van der Waals surface area contributed by atoms with Crippen molar-refractivity contribution < 1.29 is 9.45 Å². The number of hydrogen-bond donors (Lipinski definition) is 0. The molecule has 8 nitrogen and oxygen atoms in total. The van der Waals surface area contributed by atoms with Gasteiger partial charge in [0.2, 0.25) is 0 Å². The molecule has 0 aliphatic heterocycles. The predicted molar refractivity (Wildman–Crippen MR) is 74.1 cm³/mol. The molecule has 0 aliphatic carbocycles. The normalized spacial score (nSPS) is 10.7. The molecule has 3 aromatic heterocycles. The van der Waals surface area contributed by atoms with Crippen LogP contribution >= 0.6 is 11.3 Å². The summed E-state index contributed by atoms with van der Waals surface area (Å²) in [5.74, 6) is 0.628. The van der Waals surface area contributed by atoms with Crippen LogP contribution < -0.4 is 5.56 Å². The van der Waals surface area contributed by atoms with Crippen LogP contribution in [0.15, 0.2) is 44.5 Å². The third kappa shape index (κ3) is 2.72. The van der Waals surface area contributed by atoms with Gasteiger partial charge in [0, 0.05) is 17.5 Å². The topological polar surface area (TPSA) is 104 Å². The van der Waals surface area contributed by atoms with Crippen molar-refractivity contribution >= 4 is 17.0 Å². The first-order valence-corrected chi connectivity index (χ1v) is 6.78. The van der Waals surface area contributed by atoms with Crippen molar-refractivity contribution in [1.29, 1.82) is 0 Å². The Balaban J connectivity index is 1.89. The number of aromatic nitrogens is 3. The lowest BCUT2D eigenvalue weighted by Gasteiger charge is -2.00. The largest absolute Gasteiger partial charge is 0.334 e. The Bertz CT molecular complexity index is 837. The van der Waals surface area contributed by atoms with E-state index in [2.05, 4.69) is 10.1 Å². The molecule has 3 aromatic rings. The van der Waals surface area contributed by atoms with Gasteiger partial charge >= 0.3 is 0 Å². The second kappa shape index (κ2) is 5.29. The number of rotatable bonds is 4. The molecule has 3 rings (SSSR count). The van der Waals surface area contributed by atoms with E-state index in [0.717, 1.165) is 23.9 Å². The van der Waals surface area contributed by atoms with Gasteiger partial charge in [0.05, 0.1) is 23.2 Å². The van der Waals surface area contributed by atoms with Gasteiger partial charge in [-0.25, -0.2) is 0 Å². The number of hydrogen-bond acceptors (Lipinski definition) is 7. The Hall–Kier alpha value is -2.81. The average Bonchev–Trinajstić information content (AvgIpc) is 3.11. The van der Waals surface area contributed by atoms with Gasteiger partial charge in [-0.05, 0) is 11.4 Å². The summed E-state index contributed by atoms with van der Waals surface area (Å²) in [6, 6.07) is 4.13. The van der Waals surface area contributed by atoms with Crippen LogP contribution in [-0.4, -0.2) is 19.6 Å². The second-order valence-corrected chi connectivity index (χ2v) is 4.92. The standard InChI is InChI=1S/C12H8N4O4S/c17-11-2-1-9(16(18)19)5-15(11)6-10-13-12(20-14-10)8-3-4-21-7-8/h1-5,7H,6H2. The SMILES string of the molecule is O=c1ccc([N+](=O)[O-])cn1Cc1noc(-c2ccsc2)n1. The van der Waals surface area contributed by atoms with Crippen molar-refractivity contribution in [1.82, 2.24) is 14.7 Å². The molecule has 0 N–H and O–H groups in total. The average molecular weight is 304 g/mol. The summed E-state index contributed by atoms with van der Waals surface area (Å²) < 4.78 is 6.26. The molecule has 0 amide bonds. The number of nitrogens with zero attached hydrogens (tertiary/aromatic N) is 4. The maximum absolute atomic E-state index is 11.7. The zero-order valence-electron chi connectivity index (χ0n) is 10.5. The fraction of sp³-hybridized carbons (Fsp3) is 0.0833. The van der Waals surface area contributed by atoms with Gasteiger partial charge in [0.1, 0.15) is 0 Å². The first-order valence-electron chi connectivity index (χ1n) is 5.83. The molecule has 0 unspecified atom stereocenters. The minimum atomic E-state index is -0.567. The van der Waals surface area contributed by atoms with Crippen LogP contribution in [0, 0.1) is 10.1 Å². The molecule has 0 saturated carbocycles. The van der Waals surface area contributed by atoms with Gasteiger partial charge in [-0.1, -0.05) is 5.16 Å². The zero-order chi connectivity index (χ0) is 14.8. The lowest BCUT2D eigenvalue weighted by Crippen LogP contribution is -2.20. The van der Waals surface area contributed by atoms with E-state index in [9.17, 15) is 14.9 Å². The van der Waals surface area contributed by atoms with Crippen LogP contribution in [0.2, 0.25) is 0 Å². The molecule has 0 bridgehead atoms. The highest BCUT2D eigenvalue weighted by atomic mass is 32.1. The Kier molecular flexibility index (Phi) is 3.32. The summed E-state index contributed by atoms with van der Waals surface area (Å²) in [7, 11) is 0. The van der Waals surface area contributed by atoms with Crippen LogP contribution in [0.5, 0.6) is 0 Å². The maximum Gasteiger partial charge on any atom is 0.285 e. The highest BCUT2D eigenvalue weighted by molar-refractivity contribution is 7.08. The summed E-state index contributed by atoms with van der Waals surface area (Å²) in [4.78, 5) is 26.0. The van der Waals surface area contributed by atoms with Crippen LogP contribution in [0.1, 0.15) is 5.82 Å². The van der Waals surface area contributed by atoms with Crippen molar-refractivity contribution in [3.05, 3.63) is 61.4 Å². The summed E-state index contributed by atoms with van der Waals surface area (Å²) >= 11 is 1.50. The summed E-state index contributed by atoms with van der Waals surface area (Å²) in [5, 5.41) is 18.2. The molecule has 0 saturated heterocycles. The zero-order valence-corrected chi connectivity index (χ0v) is 11.3. The fourth-order valence-corrected chi connectivity index (χ4v) is 2.35. The Labute approximate surface area is 121 Å². The molecule has 3 heterocycles. The van der Waals surface area contributed by atoms with Crippen molar-refractivity contribution in [2.24, 2.45) is 0 Å². The van der Waals surface area contributed by atoms with Crippen LogP contribution in [0.4, 0.5) is 5.69 Å². The molecule has 0 aromatic carbocycles. The van der Waals surface area contributed by atoms with Gasteiger partial charge in [0.15, 0.2) is 5.82 Å². The molecule has 0 radical (unpaired) electrons. The summed E-state index contributed by atoms with van der Waals surface area (Å²) in [5.41, 5.74) is 0.253. The third-order valence-electron chi connectivity index (χ3n) is 2.73. The highest BCUT2D eigenvalue weighted by Gasteiger charge is 2.12. The van der Waals surface area contributed by atoms with E-state index in [1.165, 1.54) is 15.9 Å².